The quantitative estimate of drug-likeness (QED) is 0.0668. The van der Waals surface area contributed by atoms with Crippen molar-refractivity contribution in [3.63, 3.8) is 0 Å². The number of ether oxygens (including phenoxy) is 5. The van der Waals surface area contributed by atoms with Crippen LogP contribution in [-0.2, 0) is 0 Å². The van der Waals surface area contributed by atoms with Gasteiger partial charge in [-0.2, -0.15) is 5.10 Å². The number of rotatable bonds is 10. The van der Waals surface area contributed by atoms with E-state index >= 15 is 0 Å². The minimum atomic E-state index is -0.665. The van der Waals surface area contributed by atoms with E-state index in [9.17, 15) is 9.59 Å². The van der Waals surface area contributed by atoms with Gasteiger partial charge in [-0.1, -0.05) is 66.2 Å². The van der Waals surface area contributed by atoms with Crippen molar-refractivity contribution in [1.82, 2.24) is 10.4 Å². The number of H-pyrrole nitrogens is 1. The number of carbonyl (C=O) groups excluding carboxylic acids is 2. The average Bonchev–Trinajstić information content (AvgIpc) is 3.51. The van der Waals surface area contributed by atoms with Crippen LogP contribution in [0.4, 0.5) is 0 Å². The van der Waals surface area contributed by atoms with Crippen molar-refractivity contribution < 1.29 is 33.3 Å². The lowest BCUT2D eigenvalue weighted by molar-refractivity contribution is 0.0728. The lowest BCUT2D eigenvalue weighted by Crippen LogP contribution is -2.19. The highest BCUT2D eigenvalue weighted by Gasteiger charge is 2.22. The van der Waals surface area contributed by atoms with Gasteiger partial charge in [-0.15, -0.1) is 0 Å². The minimum absolute atomic E-state index is 0.173. The molecule has 48 heavy (non-hydrogen) atoms. The first-order valence-electron chi connectivity index (χ1n) is 14.7. The Morgan fingerprint density at radius 2 is 1.46 bits per heavy atom. The molecule has 1 aromatic heterocycles. The largest absolute Gasteiger partial charge is 0.493 e. The fourth-order valence-electron chi connectivity index (χ4n) is 5.48. The first-order chi connectivity index (χ1) is 23.4. The van der Waals surface area contributed by atoms with Crippen molar-refractivity contribution in [2.75, 3.05) is 28.4 Å². The maximum Gasteiger partial charge on any atom is 0.343 e. The molecular formula is C37H30ClN3O7. The van der Waals surface area contributed by atoms with Gasteiger partial charge in [0.15, 0.2) is 23.0 Å². The number of halogens is 1. The number of hydrogen-bond donors (Lipinski definition) is 2. The smallest absolute Gasteiger partial charge is 0.343 e. The number of aromatic amines is 1. The second-order valence-corrected chi connectivity index (χ2v) is 10.9. The lowest BCUT2D eigenvalue weighted by atomic mass is 9.99. The molecule has 0 bridgehead atoms. The molecule has 0 aliphatic heterocycles. The van der Waals surface area contributed by atoms with Gasteiger partial charge in [-0.05, 0) is 47.3 Å². The Balaban J connectivity index is 1.25. The van der Waals surface area contributed by atoms with Gasteiger partial charge < -0.3 is 28.7 Å². The third-order valence-electron chi connectivity index (χ3n) is 7.74. The first kappa shape index (κ1) is 32.0. The Bertz CT molecular complexity index is 2180. The van der Waals surface area contributed by atoms with Gasteiger partial charge in [0, 0.05) is 26.9 Å². The maximum atomic E-state index is 13.6. The number of methoxy groups -OCH3 is 4. The number of esters is 1. The van der Waals surface area contributed by atoms with Crippen LogP contribution in [0.3, 0.4) is 0 Å². The topological polar surface area (TPSA) is 120 Å². The Kier molecular flexibility index (Phi) is 9.17. The highest BCUT2D eigenvalue weighted by atomic mass is 35.5. The minimum Gasteiger partial charge on any atom is -0.493 e. The second kappa shape index (κ2) is 13.8. The third-order valence-corrected chi connectivity index (χ3v) is 8.07. The summed E-state index contributed by atoms with van der Waals surface area (Å²) < 4.78 is 27.1. The van der Waals surface area contributed by atoms with E-state index in [4.69, 9.17) is 35.3 Å². The van der Waals surface area contributed by atoms with E-state index in [0.717, 1.165) is 27.2 Å². The number of nitrogens with zero attached hydrogens (tertiary/aromatic N) is 1. The fourth-order valence-corrected chi connectivity index (χ4v) is 5.71. The molecule has 242 valence electrons. The summed E-state index contributed by atoms with van der Waals surface area (Å²) in [7, 11) is 5.83. The van der Waals surface area contributed by atoms with Gasteiger partial charge >= 0.3 is 5.97 Å². The molecule has 0 saturated heterocycles. The molecule has 2 N–H and O–H groups in total. The predicted octanol–water partition coefficient (Wildman–Crippen LogP) is 7.66. The molecule has 0 atom stereocenters. The number of fused-ring (bicyclic) bond motifs is 3. The second-order valence-electron chi connectivity index (χ2n) is 10.5. The molecular weight excluding hydrogens is 634 g/mol. The van der Waals surface area contributed by atoms with Gasteiger partial charge in [0.25, 0.3) is 5.91 Å². The molecule has 0 spiro atoms. The molecule has 1 amide bonds. The number of hydrogen-bond acceptors (Lipinski definition) is 8. The van der Waals surface area contributed by atoms with E-state index in [1.165, 1.54) is 46.8 Å². The first-order valence-corrected chi connectivity index (χ1v) is 15.1. The molecule has 0 fully saturated rings. The third kappa shape index (κ3) is 6.08. The van der Waals surface area contributed by atoms with Crippen LogP contribution < -0.4 is 29.1 Å². The van der Waals surface area contributed by atoms with E-state index in [-0.39, 0.29) is 17.1 Å². The predicted molar refractivity (Wildman–Crippen MR) is 185 cm³/mol. The molecule has 6 rings (SSSR count). The van der Waals surface area contributed by atoms with Gasteiger partial charge in [0.1, 0.15) is 5.69 Å². The number of aromatic nitrogens is 1. The van der Waals surface area contributed by atoms with Crippen molar-refractivity contribution in [2.45, 2.75) is 0 Å². The fraction of sp³-hybridized carbons (Fsp3) is 0.108. The standard InChI is InChI=1S/C37H30ClN3O7/c1-44-29-17-21(13-16-28(29)48-37(43)23-18-30(45-2)35(47-4)31(19-23)46-3)20-39-41-36(42)34-32(25-11-7-8-12-27(25)38)26-15-14-22-9-5-6-10-24(22)33(26)40-34/h5-20,40H,1-4H3,(H,41,42). The summed E-state index contributed by atoms with van der Waals surface area (Å²) in [5, 5.41) is 7.58. The van der Waals surface area contributed by atoms with E-state index < -0.39 is 11.9 Å². The zero-order valence-corrected chi connectivity index (χ0v) is 27.2. The summed E-state index contributed by atoms with van der Waals surface area (Å²) in [5.41, 5.74) is 5.91. The highest BCUT2D eigenvalue weighted by molar-refractivity contribution is 6.34. The van der Waals surface area contributed by atoms with Crippen molar-refractivity contribution in [3.8, 4) is 39.9 Å². The zero-order chi connectivity index (χ0) is 33.8. The summed E-state index contributed by atoms with van der Waals surface area (Å²) >= 11 is 6.61. The van der Waals surface area contributed by atoms with Crippen molar-refractivity contribution >= 4 is 51.4 Å². The van der Waals surface area contributed by atoms with Crippen LogP contribution in [0.2, 0.25) is 5.02 Å². The van der Waals surface area contributed by atoms with E-state index in [1.54, 1.807) is 24.3 Å². The molecule has 0 aliphatic rings. The number of carbonyl (C=O) groups is 2. The molecule has 0 radical (unpaired) electrons. The van der Waals surface area contributed by atoms with Crippen LogP contribution in [0.5, 0.6) is 28.7 Å². The van der Waals surface area contributed by atoms with Gasteiger partial charge in [0.2, 0.25) is 5.75 Å². The Morgan fingerprint density at radius 1 is 0.750 bits per heavy atom. The molecule has 5 aromatic carbocycles. The molecule has 0 unspecified atom stereocenters. The van der Waals surface area contributed by atoms with E-state index in [1.807, 2.05) is 54.6 Å². The Morgan fingerprint density at radius 3 is 2.17 bits per heavy atom. The Labute approximate surface area is 280 Å². The van der Waals surface area contributed by atoms with Gasteiger partial charge in [-0.25, -0.2) is 10.2 Å². The number of nitrogens with one attached hydrogen (secondary N) is 2. The molecule has 0 aliphatic carbocycles. The summed E-state index contributed by atoms with van der Waals surface area (Å²) in [6.45, 7) is 0. The summed E-state index contributed by atoms with van der Waals surface area (Å²) in [6, 6.07) is 27.2. The monoisotopic (exact) mass is 663 g/mol. The van der Waals surface area contributed by atoms with Crippen LogP contribution in [0.1, 0.15) is 26.4 Å². The average molecular weight is 664 g/mol. The molecule has 11 heteroatoms. The molecule has 10 nitrogen and oxygen atoms in total. The normalized spacial score (nSPS) is 11.1. The van der Waals surface area contributed by atoms with E-state index in [0.29, 0.717) is 39.1 Å². The van der Waals surface area contributed by atoms with Crippen LogP contribution in [-0.4, -0.2) is 51.5 Å². The zero-order valence-electron chi connectivity index (χ0n) is 26.4. The van der Waals surface area contributed by atoms with Crippen molar-refractivity contribution in [1.29, 1.82) is 0 Å². The Hall–Kier alpha value is -6.00. The number of amides is 1. The molecule has 6 aromatic rings. The van der Waals surface area contributed by atoms with Crippen LogP contribution in [0.15, 0.2) is 96.1 Å². The van der Waals surface area contributed by atoms with Crippen molar-refractivity contribution in [3.05, 3.63) is 113 Å². The highest BCUT2D eigenvalue weighted by Crippen LogP contribution is 2.40. The van der Waals surface area contributed by atoms with E-state index in [2.05, 4.69) is 15.5 Å². The van der Waals surface area contributed by atoms with Crippen LogP contribution in [0, 0.1) is 0 Å². The maximum absolute atomic E-state index is 13.6. The molecule has 1 heterocycles. The SMILES string of the molecule is COc1cc(C=NNC(=O)c2[nH]c3c(ccc4ccccc43)c2-c2ccccc2Cl)ccc1OC(=O)c1cc(OC)c(OC)c(OC)c1. The van der Waals surface area contributed by atoms with Crippen molar-refractivity contribution in [2.24, 2.45) is 5.10 Å². The van der Waals surface area contributed by atoms with Crippen LogP contribution >= 0.6 is 11.6 Å². The summed E-state index contributed by atoms with van der Waals surface area (Å²) in [4.78, 5) is 30.0. The molecule has 0 saturated carbocycles. The summed E-state index contributed by atoms with van der Waals surface area (Å²) in [5.74, 6) is 0.295. The lowest BCUT2D eigenvalue weighted by Gasteiger charge is -2.14. The summed E-state index contributed by atoms with van der Waals surface area (Å²) in [6.07, 6.45) is 1.46. The van der Waals surface area contributed by atoms with Gasteiger partial charge in [0.05, 0.1) is 45.7 Å². The van der Waals surface area contributed by atoms with Crippen LogP contribution in [0.25, 0.3) is 32.8 Å². The van der Waals surface area contributed by atoms with Gasteiger partial charge in [-0.3, -0.25) is 4.79 Å². The number of hydrazone groups is 1. The number of benzene rings is 5.